The third-order valence-corrected chi connectivity index (χ3v) is 7.93. The van der Waals surface area contributed by atoms with E-state index in [1.165, 1.54) is 12.8 Å². The summed E-state index contributed by atoms with van der Waals surface area (Å²) in [6.07, 6.45) is 0.0442. The Kier molecular flexibility index (Phi) is 6.48. The molecular weight excluding hydrogens is 524 g/mol. The van der Waals surface area contributed by atoms with E-state index in [2.05, 4.69) is 20.3 Å². The summed E-state index contributed by atoms with van der Waals surface area (Å²) >= 11 is 0. The van der Waals surface area contributed by atoms with Crippen molar-refractivity contribution in [3.05, 3.63) is 71.7 Å². The number of fused-ring (bicyclic) bond motifs is 1. The van der Waals surface area contributed by atoms with Crippen molar-refractivity contribution in [1.82, 2.24) is 19.7 Å². The first-order chi connectivity index (χ1) is 19.2. The quantitative estimate of drug-likeness (QED) is 0.291. The van der Waals surface area contributed by atoms with Crippen molar-refractivity contribution in [2.24, 2.45) is 0 Å². The van der Waals surface area contributed by atoms with Gasteiger partial charge in [-0.25, -0.2) is 14.1 Å². The molecule has 6 rings (SSSR count). The van der Waals surface area contributed by atoms with Crippen molar-refractivity contribution in [1.29, 1.82) is 0 Å². The maximum atomic E-state index is 14.6. The number of benzene rings is 2. The van der Waals surface area contributed by atoms with Crippen LogP contribution >= 0.6 is 0 Å². The summed E-state index contributed by atoms with van der Waals surface area (Å²) in [5, 5.41) is 8.04. The maximum Gasteiger partial charge on any atom is 0.416 e. The molecule has 2 aromatic heterocycles. The van der Waals surface area contributed by atoms with Gasteiger partial charge < -0.3 is 16.0 Å². The molecule has 0 spiro atoms. The number of alkyl halides is 3. The smallest absolute Gasteiger partial charge is 0.382 e. The monoisotopic (exact) mass is 552 g/mol. The average Bonchev–Trinajstić information content (AvgIpc) is 3.44. The largest absolute Gasteiger partial charge is 0.416 e. The molecule has 2 aromatic carbocycles. The van der Waals surface area contributed by atoms with Crippen LogP contribution in [0.25, 0.3) is 22.2 Å². The molecule has 0 atom stereocenters. The molecule has 2 fully saturated rings. The van der Waals surface area contributed by atoms with Gasteiger partial charge in [0.15, 0.2) is 11.5 Å². The number of carbonyl (C=O) groups is 1. The van der Waals surface area contributed by atoms with Crippen molar-refractivity contribution in [3.8, 4) is 11.1 Å². The topological polar surface area (TPSA) is 89.1 Å². The lowest BCUT2D eigenvalue weighted by atomic mass is 9.92. The molecule has 1 aliphatic heterocycles. The SMILES string of the molecule is Nc1nn(CCN2CCCC2)c2nccc(-c3ccc(NC(=O)C4(c5cc(C(F)(F)F)ccc5F)CC4)cc3)c12. The Labute approximate surface area is 228 Å². The Morgan fingerprint density at radius 3 is 2.42 bits per heavy atom. The van der Waals surface area contributed by atoms with Gasteiger partial charge in [0.25, 0.3) is 0 Å². The van der Waals surface area contributed by atoms with Gasteiger partial charge in [0.05, 0.1) is 22.9 Å². The van der Waals surface area contributed by atoms with Gasteiger partial charge in [-0.2, -0.15) is 18.3 Å². The molecule has 0 radical (unpaired) electrons. The maximum absolute atomic E-state index is 14.6. The number of likely N-dealkylation sites (tertiary alicyclic amines) is 1. The van der Waals surface area contributed by atoms with E-state index in [0.717, 1.165) is 48.3 Å². The van der Waals surface area contributed by atoms with Crippen LogP contribution in [-0.4, -0.2) is 45.2 Å². The number of carbonyl (C=O) groups excluding carboxylic acids is 1. The van der Waals surface area contributed by atoms with E-state index in [0.29, 0.717) is 29.8 Å². The predicted molar refractivity (Wildman–Crippen MR) is 144 cm³/mol. The number of pyridine rings is 1. The van der Waals surface area contributed by atoms with Crippen LogP contribution in [0.5, 0.6) is 0 Å². The zero-order valence-electron chi connectivity index (χ0n) is 21.6. The predicted octanol–water partition coefficient (Wildman–Crippen LogP) is 5.60. The fourth-order valence-electron chi connectivity index (χ4n) is 5.56. The number of nitrogens with one attached hydrogen (secondary N) is 1. The van der Waals surface area contributed by atoms with E-state index in [1.807, 2.05) is 22.9 Å². The van der Waals surface area contributed by atoms with Gasteiger partial charge in [0.1, 0.15) is 5.82 Å². The van der Waals surface area contributed by atoms with Crippen molar-refractivity contribution >= 4 is 28.4 Å². The van der Waals surface area contributed by atoms with Gasteiger partial charge in [-0.3, -0.25) is 4.79 Å². The molecule has 2 aliphatic rings. The highest BCUT2D eigenvalue weighted by Crippen LogP contribution is 2.51. The van der Waals surface area contributed by atoms with Crippen LogP contribution in [0.4, 0.5) is 29.1 Å². The van der Waals surface area contributed by atoms with Crippen molar-refractivity contribution in [2.45, 2.75) is 43.8 Å². The van der Waals surface area contributed by atoms with E-state index >= 15 is 0 Å². The fraction of sp³-hybridized carbons (Fsp3) is 0.345. The van der Waals surface area contributed by atoms with Gasteiger partial charge in [0, 0.05) is 24.0 Å². The number of nitrogen functional groups attached to an aromatic ring is 1. The number of aromatic nitrogens is 3. The van der Waals surface area contributed by atoms with Crippen LogP contribution in [0.2, 0.25) is 0 Å². The van der Waals surface area contributed by atoms with E-state index in [9.17, 15) is 22.4 Å². The molecule has 3 heterocycles. The molecule has 1 aliphatic carbocycles. The van der Waals surface area contributed by atoms with E-state index in [4.69, 9.17) is 5.73 Å². The highest BCUT2D eigenvalue weighted by molar-refractivity contribution is 6.02. The molecule has 4 aromatic rings. The highest BCUT2D eigenvalue weighted by Gasteiger charge is 2.53. The summed E-state index contributed by atoms with van der Waals surface area (Å²) in [6.45, 7) is 3.74. The van der Waals surface area contributed by atoms with Crippen molar-refractivity contribution < 1.29 is 22.4 Å². The molecular formula is C29H28F4N6O. The molecule has 40 heavy (non-hydrogen) atoms. The third kappa shape index (κ3) is 4.78. The minimum absolute atomic E-state index is 0.229. The summed E-state index contributed by atoms with van der Waals surface area (Å²) in [4.78, 5) is 20.1. The van der Waals surface area contributed by atoms with Crippen LogP contribution in [0, 0.1) is 5.82 Å². The summed E-state index contributed by atoms with van der Waals surface area (Å²) in [5.74, 6) is -0.972. The Hall–Kier alpha value is -3.99. The number of nitrogens with zero attached hydrogens (tertiary/aromatic N) is 4. The van der Waals surface area contributed by atoms with Gasteiger partial charge in [-0.15, -0.1) is 0 Å². The number of amides is 1. The van der Waals surface area contributed by atoms with Crippen molar-refractivity contribution in [3.63, 3.8) is 0 Å². The van der Waals surface area contributed by atoms with E-state index < -0.39 is 28.9 Å². The molecule has 1 saturated carbocycles. The van der Waals surface area contributed by atoms with Crippen LogP contribution in [0.3, 0.4) is 0 Å². The number of hydrogen-bond donors (Lipinski definition) is 2. The second-order valence-electron chi connectivity index (χ2n) is 10.5. The van der Waals surface area contributed by atoms with Crippen LogP contribution in [-0.2, 0) is 22.9 Å². The van der Waals surface area contributed by atoms with Gasteiger partial charge in [-0.1, -0.05) is 12.1 Å². The normalized spacial score (nSPS) is 16.9. The second-order valence-corrected chi connectivity index (χ2v) is 10.5. The first-order valence-corrected chi connectivity index (χ1v) is 13.3. The summed E-state index contributed by atoms with van der Waals surface area (Å²) in [5.41, 5.74) is 6.61. The van der Waals surface area contributed by atoms with Crippen molar-refractivity contribution in [2.75, 3.05) is 30.7 Å². The molecule has 208 valence electrons. The van der Waals surface area contributed by atoms with Gasteiger partial charge in [0.2, 0.25) is 5.91 Å². The number of halogens is 4. The Morgan fingerprint density at radius 2 is 1.75 bits per heavy atom. The molecule has 11 heteroatoms. The minimum atomic E-state index is -4.63. The summed E-state index contributed by atoms with van der Waals surface area (Å²) < 4.78 is 56.0. The van der Waals surface area contributed by atoms with E-state index in [-0.39, 0.29) is 18.4 Å². The van der Waals surface area contributed by atoms with E-state index in [1.54, 1.807) is 18.3 Å². The fourth-order valence-corrected chi connectivity index (χ4v) is 5.56. The number of hydrogen-bond acceptors (Lipinski definition) is 5. The lowest BCUT2D eigenvalue weighted by Gasteiger charge is -2.18. The van der Waals surface area contributed by atoms with Crippen LogP contribution in [0.1, 0.15) is 36.8 Å². The average molecular weight is 553 g/mol. The second kappa shape index (κ2) is 9.88. The highest BCUT2D eigenvalue weighted by atomic mass is 19.4. The number of rotatable bonds is 7. The summed E-state index contributed by atoms with van der Waals surface area (Å²) in [7, 11) is 0. The lowest BCUT2D eigenvalue weighted by molar-refractivity contribution is -0.137. The Bertz CT molecular complexity index is 1570. The standard InChI is InChI=1S/C29H28F4N6O/c30-23-8-5-19(29(31,32)33)17-22(23)28(10-11-28)27(40)36-20-6-3-18(4-7-20)21-9-12-35-26-24(21)25(34)37-39(26)16-15-38-13-1-2-14-38/h3-9,12,17H,1-2,10-11,13-16H2,(H2,34,37)(H,36,40). The van der Waals surface area contributed by atoms with Gasteiger partial charge >= 0.3 is 6.18 Å². The molecule has 0 bridgehead atoms. The zero-order valence-corrected chi connectivity index (χ0v) is 21.6. The first-order valence-electron chi connectivity index (χ1n) is 13.3. The number of anilines is 2. The molecule has 1 saturated heterocycles. The Balaban J connectivity index is 1.21. The Morgan fingerprint density at radius 1 is 1.02 bits per heavy atom. The lowest BCUT2D eigenvalue weighted by Crippen LogP contribution is -2.29. The van der Waals surface area contributed by atoms with Crippen LogP contribution in [0.15, 0.2) is 54.7 Å². The number of nitrogens with two attached hydrogens (primary N) is 1. The third-order valence-electron chi connectivity index (χ3n) is 7.93. The molecule has 7 nitrogen and oxygen atoms in total. The molecule has 3 N–H and O–H groups in total. The zero-order chi connectivity index (χ0) is 28.1. The first kappa shape index (κ1) is 26.2. The molecule has 1 amide bonds. The van der Waals surface area contributed by atoms with Gasteiger partial charge in [-0.05, 0) is 86.3 Å². The minimum Gasteiger partial charge on any atom is -0.382 e. The van der Waals surface area contributed by atoms with Crippen LogP contribution < -0.4 is 11.1 Å². The summed E-state index contributed by atoms with van der Waals surface area (Å²) in [6, 6.07) is 11.1. The molecule has 0 unspecified atom stereocenters.